The Morgan fingerprint density at radius 3 is 2.79 bits per heavy atom. The molecule has 3 nitrogen and oxygen atoms in total. The summed E-state index contributed by atoms with van der Waals surface area (Å²) in [4.78, 5) is 0. The second kappa shape index (κ2) is 4.83. The summed E-state index contributed by atoms with van der Waals surface area (Å²) in [6.07, 6.45) is 3.34. The fourth-order valence-electron chi connectivity index (χ4n) is 2.43. The fourth-order valence-corrected chi connectivity index (χ4v) is 3.52. The van der Waals surface area contributed by atoms with Gasteiger partial charge in [0.05, 0.1) is 4.70 Å². The molecule has 0 saturated heterocycles. The number of nitrogens with one attached hydrogen (secondary N) is 2. The van der Waals surface area contributed by atoms with E-state index in [0.717, 1.165) is 22.9 Å². The molecule has 100 valence electrons. The first kappa shape index (κ1) is 12.4. The van der Waals surface area contributed by atoms with Crippen molar-refractivity contribution in [3.05, 3.63) is 46.9 Å². The zero-order chi connectivity index (χ0) is 13.4. The summed E-state index contributed by atoms with van der Waals surface area (Å²) in [6, 6.07) is 3.11. The molecule has 5 heteroatoms. The molecule has 1 aromatic heterocycles. The Morgan fingerprint density at radius 2 is 2.11 bits per heavy atom. The first-order valence-electron chi connectivity index (χ1n) is 6.26. The third-order valence-corrected chi connectivity index (χ3v) is 4.47. The lowest BCUT2D eigenvalue weighted by atomic mass is 9.99. The highest BCUT2D eigenvalue weighted by atomic mass is 32.1. The van der Waals surface area contributed by atoms with Crippen molar-refractivity contribution in [1.82, 2.24) is 10.6 Å². The van der Waals surface area contributed by atoms with Crippen molar-refractivity contribution in [2.75, 3.05) is 0 Å². The zero-order valence-corrected chi connectivity index (χ0v) is 11.3. The molecule has 19 heavy (non-hydrogen) atoms. The Kier molecular flexibility index (Phi) is 3.16. The molecular formula is C14H15FN2OS. The predicted molar refractivity (Wildman–Crippen MR) is 75.3 cm³/mol. The molecule has 0 bridgehead atoms. The van der Waals surface area contributed by atoms with Gasteiger partial charge in [-0.25, -0.2) is 4.39 Å². The first-order chi connectivity index (χ1) is 9.22. The summed E-state index contributed by atoms with van der Waals surface area (Å²) in [6.45, 7) is 2.04. The Labute approximate surface area is 114 Å². The van der Waals surface area contributed by atoms with Crippen molar-refractivity contribution in [3.8, 4) is 0 Å². The van der Waals surface area contributed by atoms with Crippen molar-refractivity contribution in [2.24, 2.45) is 0 Å². The van der Waals surface area contributed by atoms with E-state index in [2.05, 4.69) is 10.6 Å². The maximum absolute atomic E-state index is 13.8. The van der Waals surface area contributed by atoms with Crippen LogP contribution < -0.4 is 10.6 Å². The van der Waals surface area contributed by atoms with E-state index in [0.29, 0.717) is 4.70 Å². The first-order valence-corrected chi connectivity index (χ1v) is 7.14. The lowest BCUT2D eigenvalue weighted by Gasteiger charge is -2.21. The van der Waals surface area contributed by atoms with Gasteiger partial charge in [-0.3, -0.25) is 0 Å². The van der Waals surface area contributed by atoms with Crippen LogP contribution in [0.3, 0.4) is 0 Å². The Bertz CT molecular complexity index is 630. The minimum absolute atomic E-state index is 0.221. The summed E-state index contributed by atoms with van der Waals surface area (Å²) in [5.41, 5.74) is 1.85. The van der Waals surface area contributed by atoms with E-state index in [4.69, 9.17) is 0 Å². The van der Waals surface area contributed by atoms with E-state index in [1.54, 1.807) is 18.5 Å². The number of fused-ring (bicyclic) bond motifs is 1. The molecule has 1 atom stereocenters. The SMILES string of the molecule is CCc1csc2c(F)ccc(C(O)C3NC=CN3)c12. The van der Waals surface area contributed by atoms with Crippen LogP contribution in [0.1, 0.15) is 24.2 Å². The van der Waals surface area contributed by atoms with Crippen LogP contribution in [0.15, 0.2) is 29.9 Å². The van der Waals surface area contributed by atoms with E-state index in [-0.39, 0.29) is 12.0 Å². The largest absolute Gasteiger partial charge is 0.384 e. The molecular weight excluding hydrogens is 263 g/mol. The maximum Gasteiger partial charge on any atom is 0.141 e. The molecule has 1 aliphatic heterocycles. The van der Waals surface area contributed by atoms with Crippen molar-refractivity contribution in [1.29, 1.82) is 0 Å². The average Bonchev–Trinajstić information content (AvgIpc) is 3.08. The van der Waals surface area contributed by atoms with Crippen LogP contribution in [-0.2, 0) is 6.42 Å². The standard InChI is InChI=1S/C14H15FN2OS/c1-2-8-7-19-13-10(15)4-3-9(11(8)13)12(18)14-16-5-6-17-14/h3-7,12,14,16-18H,2H2,1H3. The summed E-state index contributed by atoms with van der Waals surface area (Å²) in [5.74, 6) is -0.221. The van der Waals surface area contributed by atoms with Gasteiger partial charge in [0.2, 0.25) is 0 Å². The van der Waals surface area contributed by atoms with Crippen LogP contribution in [0.25, 0.3) is 10.1 Å². The molecule has 1 aliphatic rings. The van der Waals surface area contributed by atoms with E-state index >= 15 is 0 Å². The maximum atomic E-state index is 13.8. The molecule has 3 rings (SSSR count). The van der Waals surface area contributed by atoms with Gasteiger partial charge >= 0.3 is 0 Å². The summed E-state index contributed by atoms with van der Waals surface area (Å²) in [5, 5.41) is 19.4. The quantitative estimate of drug-likeness (QED) is 0.808. The highest BCUT2D eigenvalue weighted by molar-refractivity contribution is 7.17. The van der Waals surface area contributed by atoms with Crippen LogP contribution in [0.2, 0.25) is 0 Å². The second-order valence-corrected chi connectivity index (χ2v) is 5.42. The molecule has 0 fully saturated rings. The summed E-state index contributed by atoms with van der Waals surface area (Å²) in [7, 11) is 0. The molecule has 1 aromatic carbocycles. The molecule has 0 saturated carbocycles. The molecule has 1 unspecified atom stereocenters. The molecule has 0 aliphatic carbocycles. The van der Waals surface area contributed by atoms with Crippen molar-refractivity contribution < 1.29 is 9.50 Å². The lowest BCUT2D eigenvalue weighted by molar-refractivity contribution is 0.132. The number of hydrogen-bond acceptors (Lipinski definition) is 4. The van der Waals surface area contributed by atoms with Crippen LogP contribution in [0.5, 0.6) is 0 Å². The number of benzene rings is 1. The predicted octanol–water partition coefficient (Wildman–Crippen LogP) is 2.63. The normalized spacial score (nSPS) is 16.6. The van der Waals surface area contributed by atoms with Gasteiger partial charge in [-0.2, -0.15) is 0 Å². The molecule has 3 N–H and O–H groups in total. The topological polar surface area (TPSA) is 44.3 Å². The fraction of sp³-hybridized carbons (Fsp3) is 0.286. The Balaban J connectivity index is 2.12. The van der Waals surface area contributed by atoms with Gasteiger partial charge in [-0.15, -0.1) is 11.3 Å². The number of rotatable bonds is 3. The van der Waals surface area contributed by atoms with E-state index in [1.807, 2.05) is 12.3 Å². The lowest BCUT2D eigenvalue weighted by Crippen LogP contribution is -2.37. The number of hydrogen-bond donors (Lipinski definition) is 3. The molecule has 0 amide bonds. The molecule has 0 radical (unpaired) electrons. The van der Waals surface area contributed by atoms with E-state index < -0.39 is 6.10 Å². The van der Waals surface area contributed by atoms with Crippen LogP contribution in [0, 0.1) is 5.82 Å². The number of aryl methyl sites for hydroxylation is 1. The highest BCUT2D eigenvalue weighted by Gasteiger charge is 2.24. The van der Waals surface area contributed by atoms with E-state index in [9.17, 15) is 9.50 Å². The Hall–Kier alpha value is -1.59. The van der Waals surface area contributed by atoms with E-state index in [1.165, 1.54) is 17.4 Å². The molecule has 2 aromatic rings. The van der Waals surface area contributed by atoms with Crippen molar-refractivity contribution in [3.63, 3.8) is 0 Å². The van der Waals surface area contributed by atoms with Crippen LogP contribution >= 0.6 is 11.3 Å². The minimum atomic E-state index is -0.724. The highest BCUT2D eigenvalue weighted by Crippen LogP contribution is 2.35. The number of aliphatic hydroxyl groups excluding tert-OH is 1. The Morgan fingerprint density at radius 1 is 1.37 bits per heavy atom. The zero-order valence-electron chi connectivity index (χ0n) is 10.5. The van der Waals surface area contributed by atoms with Gasteiger partial charge in [0, 0.05) is 17.8 Å². The van der Waals surface area contributed by atoms with Gasteiger partial charge in [0.1, 0.15) is 18.1 Å². The third kappa shape index (κ3) is 1.99. The van der Waals surface area contributed by atoms with Crippen LogP contribution in [-0.4, -0.2) is 11.3 Å². The van der Waals surface area contributed by atoms with Crippen LogP contribution in [0.4, 0.5) is 4.39 Å². The van der Waals surface area contributed by atoms with Gasteiger partial charge in [-0.1, -0.05) is 13.0 Å². The second-order valence-electron chi connectivity index (χ2n) is 4.54. The number of halogens is 1. The third-order valence-electron chi connectivity index (χ3n) is 3.43. The molecule has 0 spiro atoms. The number of aliphatic hydroxyl groups is 1. The molecule has 2 heterocycles. The number of thiophene rings is 1. The summed E-state index contributed by atoms with van der Waals surface area (Å²) >= 11 is 1.40. The monoisotopic (exact) mass is 278 g/mol. The summed E-state index contributed by atoms with van der Waals surface area (Å²) < 4.78 is 14.5. The average molecular weight is 278 g/mol. The van der Waals surface area contributed by atoms with Crippen molar-refractivity contribution >= 4 is 21.4 Å². The van der Waals surface area contributed by atoms with Gasteiger partial charge in [0.25, 0.3) is 0 Å². The van der Waals surface area contributed by atoms with Gasteiger partial charge in [-0.05, 0) is 29.0 Å². The van der Waals surface area contributed by atoms with Crippen molar-refractivity contribution in [2.45, 2.75) is 25.6 Å². The van der Waals surface area contributed by atoms with Gasteiger partial charge < -0.3 is 15.7 Å². The smallest absolute Gasteiger partial charge is 0.141 e. The minimum Gasteiger partial charge on any atom is -0.384 e. The van der Waals surface area contributed by atoms with Gasteiger partial charge in [0.15, 0.2) is 0 Å².